The van der Waals surface area contributed by atoms with Gasteiger partial charge < -0.3 is 10.2 Å². The number of carboxylic acid groups (broad SMARTS) is 1. The molecule has 21 heavy (non-hydrogen) atoms. The number of fused-ring (bicyclic) bond motifs is 1. The Bertz CT molecular complexity index is 502. The largest absolute Gasteiger partial charge is 0.477 e. The average Bonchev–Trinajstić information content (AvgIpc) is 2.74. The summed E-state index contributed by atoms with van der Waals surface area (Å²) in [7, 11) is 0. The minimum Gasteiger partial charge on any atom is -0.477 e. The highest BCUT2D eigenvalue weighted by atomic mass is 32.2. The van der Waals surface area contributed by atoms with Crippen LogP contribution >= 0.6 is 35.3 Å². The second-order valence-electron chi connectivity index (χ2n) is 5.35. The van der Waals surface area contributed by atoms with E-state index in [2.05, 4.69) is 0 Å². The highest BCUT2D eigenvalue weighted by molar-refractivity contribution is 8.23. The number of carbonyl (C=O) groups excluding carboxylic acids is 1. The Labute approximate surface area is 135 Å². The van der Waals surface area contributed by atoms with Gasteiger partial charge in [-0.15, -0.1) is 11.8 Å². The fourth-order valence-electron chi connectivity index (χ4n) is 2.78. The van der Waals surface area contributed by atoms with Crippen LogP contribution in [0.1, 0.15) is 19.8 Å². The number of amides is 1. The van der Waals surface area contributed by atoms with E-state index in [0.717, 1.165) is 28.6 Å². The van der Waals surface area contributed by atoms with E-state index in [0.29, 0.717) is 5.25 Å². The standard InChI is InChI=1S/C13H17NO4S3/c1-6(15)8-10(16)14-9(12(17)18)13(21-11(8)14)20-7-2-4-19-5-3-7/h6-8,11,15H,2-5H2,1H3,(H,17,18)/t6-,8+,11-/m1/s1. The third kappa shape index (κ3) is 2.71. The Kier molecular flexibility index (Phi) is 4.50. The molecule has 5 nitrogen and oxygen atoms in total. The van der Waals surface area contributed by atoms with Gasteiger partial charge in [-0.25, -0.2) is 4.79 Å². The van der Waals surface area contributed by atoms with Crippen molar-refractivity contribution >= 4 is 47.2 Å². The molecule has 0 aromatic heterocycles. The minimum atomic E-state index is -1.05. The molecule has 2 saturated heterocycles. The van der Waals surface area contributed by atoms with Crippen molar-refractivity contribution in [1.29, 1.82) is 0 Å². The summed E-state index contributed by atoms with van der Waals surface area (Å²) in [4.78, 5) is 25.0. The van der Waals surface area contributed by atoms with Crippen LogP contribution in [-0.2, 0) is 9.59 Å². The average molecular weight is 347 g/mol. The molecule has 0 bridgehead atoms. The van der Waals surface area contributed by atoms with Gasteiger partial charge >= 0.3 is 5.97 Å². The number of rotatable bonds is 4. The molecule has 3 aliphatic heterocycles. The van der Waals surface area contributed by atoms with E-state index in [-0.39, 0.29) is 17.0 Å². The van der Waals surface area contributed by atoms with E-state index in [1.165, 1.54) is 16.7 Å². The maximum absolute atomic E-state index is 12.1. The van der Waals surface area contributed by atoms with Crippen molar-refractivity contribution in [3.8, 4) is 0 Å². The summed E-state index contributed by atoms with van der Waals surface area (Å²) in [6, 6.07) is 0. The topological polar surface area (TPSA) is 77.8 Å². The number of carbonyl (C=O) groups is 2. The highest BCUT2D eigenvalue weighted by Gasteiger charge is 2.57. The molecule has 8 heteroatoms. The molecule has 2 fully saturated rings. The lowest BCUT2D eigenvalue weighted by atomic mass is 9.92. The van der Waals surface area contributed by atoms with Gasteiger partial charge in [-0.05, 0) is 31.3 Å². The van der Waals surface area contributed by atoms with Crippen LogP contribution in [0.3, 0.4) is 0 Å². The molecular formula is C13H17NO4S3. The molecule has 0 unspecified atom stereocenters. The third-order valence-corrected chi connectivity index (χ3v) is 7.90. The van der Waals surface area contributed by atoms with Crippen molar-refractivity contribution in [2.24, 2.45) is 5.92 Å². The van der Waals surface area contributed by atoms with Gasteiger partial charge in [0.15, 0.2) is 5.70 Å². The van der Waals surface area contributed by atoms with Gasteiger partial charge in [0.2, 0.25) is 5.91 Å². The molecule has 0 aromatic rings. The molecule has 1 amide bonds. The molecule has 3 rings (SSSR count). The van der Waals surface area contributed by atoms with Crippen LogP contribution in [0.25, 0.3) is 0 Å². The summed E-state index contributed by atoms with van der Waals surface area (Å²) in [5, 5.41) is 19.3. The fourth-order valence-corrected chi connectivity index (χ4v) is 7.50. The Morgan fingerprint density at radius 1 is 1.43 bits per heavy atom. The second-order valence-corrected chi connectivity index (χ2v) is 9.27. The van der Waals surface area contributed by atoms with Crippen LogP contribution in [0.5, 0.6) is 0 Å². The van der Waals surface area contributed by atoms with Crippen LogP contribution in [0.4, 0.5) is 0 Å². The lowest BCUT2D eigenvalue weighted by Crippen LogP contribution is -2.60. The van der Waals surface area contributed by atoms with Crippen LogP contribution in [-0.4, -0.2) is 55.2 Å². The quantitative estimate of drug-likeness (QED) is 0.751. The lowest BCUT2D eigenvalue weighted by molar-refractivity contribution is -0.156. The van der Waals surface area contributed by atoms with Gasteiger partial charge in [0, 0.05) is 5.25 Å². The first kappa shape index (κ1) is 15.6. The molecule has 2 N–H and O–H groups in total. The number of carboxylic acids is 1. The zero-order valence-corrected chi connectivity index (χ0v) is 14.0. The smallest absolute Gasteiger partial charge is 0.354 e. The number of aliphatic hydroxyl groups is 1. The highest BCUT2D eigenvalue weighted by Crippen LogP contribution is 2.55. The van der Waals surface area contributed by atoms with Gasteiger partial charge in [-0.3, -0.25) is 9.69 Å². The third-order valence-electron chi connectivity index (χ3n) is 3.91. The number of aliphatic carboxylic acids is 1. The Hall–Kier alpha value is -0.310. The predicted octanol–water partition coefficient (Wildman–Crippen LogP) is 1.78. The SMILES string of the molecule is C[C@@H](O)[C@H]1C(=O)N2C(C(=O)O)=C(SC3CCSCC3)S[C@H]12. The molecule has 3 aliphatic rings. The summed E-state index contributed by atoms with van der Waals surface area (Å²) in [5.74, 6) is 0.426. The zero-order valence-electron chi connectivity index (χ0n) is 11.5. The molecule has 0 aromatic carbocycles. The van der Waals surface area contributed by atoms with Crippen molar-refractivity contribution in [3.63, 3.8) is 0 Å². The Morgan fingerprint density at radius 3 is 2.67 bits per heavy atom. The second kappa shape index (κ2) is 6.06. The van der Waals surface area contributed by atoms with Crippen LogP contribution < -0.4 is 0 Å². The van der Waals surface area contributed by atoms with Crippen molar-refractivity contribution in [2.45, 2.75) is 36.5 Å². The first-order valence-electron chi connectivity index (χ1n) is 6.90. The van der Waals surface area contributed by atoms with Crippen molar-refractivity contribution in [3.05, 3.63) is 9.93 Å². The van der Waals surface area contributed by atoms with Gasteiger partial charge in [0.1, 0.15) is 5.37 Å². The summed E-state index contributed by atoms with van der Waals surface area (Å²) in [5.41, 5.74) is 0.120. The maximum atomic E-state index is 12.1. The van der Waals surface area contributed by atoms with E-state index < -0.39 is 18.0 Å². The van der Waals surface area contributed by atoms with Crippen LogP contribution in [0.2, 0.25) is 0 Å². The number of β-lactam (4-membered cyclic amide) rings is 1. The van der Waals surface area contributed by atoms with Gasteiger partial charge in [-0.2, -0.15) is 11.8 Å². The van der Waals surface area contributed by atoms with E-state index in [1.54, 1.807) is 18.7 Å². The predicted molar refractivity (Wildman–Crippen MR) is 86.0 cm³/mol. The van der Waals surface area contributed by atoms with Crippen molar-refractivity contribution < 1.29 is 19.8 Å². The number of aliphatic hydroxyl groups excluding tert-OH is 1. The molecule has 3 atom stereocenters. The fraction of sp³-hybridized carbons (Fsp3) is 0.692. The maximum Gasteiger partial charge on any atom is 0.354 e. The Morgan fingerprint density at radius 2 is 2.10 bits per heavy atom. The number of hydrogen-bond acceptors (Lipinski definition) is 6. The molecule has 3 heterocycles. The molecule has 0 aliphatic carbocycles. The summed E-state index contributed by atoms with van der Waals surface area (Å²) in [6.45, 7) is 1.59. The van der Waals surface area contributed by atoms with Crippen molar-refractivity contribution in [2.75, 3.05) is 11.5 Å². The first-order valence-corrected chi connectivity index (χ1v) is 9.82. The summed E-state index contributed by atoms with van der Waals surface area (Å²) in [6.07, 6.45) is 1.41. The van der Waals surface area contributed by atoms with Crippen LogP contribution in [0.15, 0.2) is 9.93 Å². The number of nitrogens with zero attached hydrogens (tertiary/aromatic N) is 1. The number of hydrogen-bond donors (Lipinski definition) is 2. The van der Waals surface area contributed by atoms with E-state index in [1.807, 2.05) is 11.8 Å². The first-order chi connectivity index (χ1) is 10.0. The summed E-state index contributed by atoms with van der Waals surface area (Å²) >= 11 is 4.96. The van der Waals surface area contributed by atoms with Gasteiger partial charge in [-0.1, -0.05) is 11.8 Å². The van der Waals surface area contributed by atoms with Gasteiger partial charge in [0.05, 0.1) is 16.3 Å². The number of thioether (sulfide) groups is 3. The molecule has 0 spiro atoms. The van der Waals surface area contributed by atoms with Crippen LogP contribution in [0, 0.1) is 5.92 Å². The molecule has 0 radical (unpaired) electrons. The zero-order chi connectivity index (χ0) is 15.1. The van der Waals surface area contributed by atoms with E-state index in [9.17, 15) is 19.8 Å². The molecule has 116 valence electrons. The van der Waals surface area contributed by atoms with E-state index in [4.69, 9.17) is 0 Å². The molecular weight excluding hydrogens is 330 g/mol. The van der Waals surface area contributed by atoms with Crippen molar-refractivity contribution in [1.82, 2.24) is 4.90 Å². The monoisotopic (exact) mass is 347 g/mol. The Balaban J connectivity index is 1.79. The summed E-state index contributed by atoms with van der Waals surface area (Å²) < 4.78 is 0.737. The minimum absolute atomic E-state index is 0.120. The lowest BCUT2D eigenvalue weighted by Gasteiger charge is -2.43. The molecule has 0 saturated carbocycles. The van der Waals surface area contributed by atoms with E-state index >= 15 is 0 Å². The van der Waals surface area contributed by atoms with Gasteiger partial charge in [0.25, 0.3) is 0 Å². The normalized spacial score (nSPS) is 31.1.